The number of hydrogen-bond acceptors (Lipinski definition) is 4. The number of ketones is 1. The highest BCUT2D eigenvalue weighted by molar-refractivity contribution is 5.96. The summed E-state index contributed by atoms with van der Waals surface area (Å²) >= 11 is 0. The molecule has 4 nitrogen and oxygen atoms in total. The van der Waals surface area contributed by atoms with Crippen LogP contribution in [-0.2, 0) is 0 Å². The van der Waals surface area contributed by atoms with Gasteiger partial charge in [-0.25, -0.2) is 0 Å². The predicted octanol–water partition coefficient (Wildman–Crippen LogP) is 0.244. The summed E-state index contributed by atoms with van der Waals surface area (Å²) in [6.07, 6.45) is -0.564. The highest BCUT2D eigenvalue weighted by Crippen LogP contribution is 2.13. The van der Waals surface area contributed by atoms with Crippen molar-refractivity contribution in [2.45, 2.75) is 12.5 Å². The van der Waals surface area contributed by atoms with Crippen LogP contribution in [0.5, 0.6) is 0 Å². The fourth-order valence-corrected chi connectivity index (χ4v) is 1.27. The third-order valence-electron chi connectivity index (χ3n) is 2.16. The second-order valence-electron chi connectivity index (χ2n) is 3.28. The molecule has 0 aromatic heterocycles. The summed E-state index contributed by atoms with van der Waals surface area (Å²) < 4.78 is 0. The van der Waals surface area contributed by atoms with Gasteiger partial charge in [0.05, 0.1) is 6.61 Å². The lowest BCUT2D eigenvalue weighted by Gasteiger charge is -2.07. The molecule has 1 unspecified atom stereocenters. The van der Waals surface area contributed by atoms with Gasteiger partial charge in [0.25, 0.3) is 0 Å². The molecule has 1 rings (SSSR count). The minimum Gasteiger partial charge on any atom is -0.393 e. The molecule has 0 fully saturated rings. The van der Waals surface area contributed by atoms with Crippen molar-refractivity contribution in [3.05, 3.63) is 35.4 Å². The smallest absolute Gasteiger partial charge is 0.164 e. The van der Waals surface area contributed by atoms with Gasteiger partial charge in [-0.2, -0.15) is 0 Å². The van der Waals surface area contributed by atoms with Gasteiger partial charge in [0.2, 0.25) is 0 Å². The Hall–Kier alpha value is -1.23. The third kappa shape index (κ3) is 3.13. The molecule has 1 atom stereocenters. The number of aliphatic hydroxyl groups excluding tert-OH is 2. The fourth-order valence-electron chi connectivity index (χ4n) is 1.27. The van der Waals surface area contributed by atoms with Crippen molar-refractivity contribution in [2.75, 3.05) is 13.2 Å². The second kappa shape index (κ2) is 5.60. The van der Waals surface area contributed by atoms with Crippen LogP contribution in [0.25, 0.3) is 0 Å². The zero-order valence-electron chi connectivity index (χ0n) is 8.39. The van der Waals surface area contributed by atoms with Gasteiger partial charge < -0.3 is 15.9 Å². The second-order valence-corrected chi connectivity index (χ2v) is 3.28. The molecule has 0 saturated carbocycles. The number of aliphatic hydroxyl groups is 2. The van der Waals surface area contributed by atoms with Crippen LogP contribution in [-0.4, -0.2) is 29.1 Å². The Bertz CT molecular complexity index is 321. The quantitative estimate of drug-likeness (QED) is 0.607. The number of carbonyl (C=O) groups is 1. The molecule has 0 saturated heterocycles. The summed E-state index contributed by atoms with van der Waals surface area (Å²) in [5.74, 6) is -0.0115. The number of carbonyl (C=O) groups excluding carboxylic acids is 1. The minimum atomic E-state index is -0.885. The highest BCUT2D eigenvalue weighted by atomic mass is 16.3. The molecule has 0 amide bonds. The number of benzene rings is 1. The Kier molecular flexibility index (Phi) is 4.42. The van der Waals surface area contributed by atoms with Crippen molar-refractivity contribution in [1.82, 2.24) is 0 Å². The van der Waals surface area contributed by atoms with Gasteiger partial charge >= 0.3 is 0 Å². The Balaban J connectivity index is 2.76. The van der Waals surface area contributed by atoms with Crippen molar-refractivity contribution >= 4 is 5.78 Å². The van der Waals surface area contributed by atoms with Crippen molar-refractivity contribution < 1.29 is 15.0 Å². The number of hydrogen-bond donors (Lipinski definition) is 3. The summed E-state index contributed by atoms with van der Waals surface area (Å²) in [6.45, 7) is 0.00986. The monoisotopic (exact) mass is 209 g/mol. The summed E-state index contributed by atoms with van der Waals surface area (Å²) in [5, 5.41) is 18.0. The Morgan fingerprint density at radius 2 is 1.93 bits per heavy atom. The zero-order chi connectivity index (χ0) is 11.3. The summed E-state index contributed by atoms with van der Waals surface area (Å²) in [6, 6.07) is 6.52. The van der Waals surface area contributed by atoms with Gasteiger partial charge in [-0.1, -0.05) is 24.3 Å². The molecule has 4 N–H and O–H groups in total. The molecule has 0 aliphatic heterocycles. The van der Waals surface area contributed by atoms with E-state index >= 15 is 0 Å². The van der Waals surface area contributed by atoms with E-state index in [1.807, 2.05) is 0 Å². The van der Waals surface area contributed by atoms with Crippen LogP contribution in [0.15, 0.2) is 24.3 Å². The fraction of sp³-hybridized carbons (Fsp3) is 0.364. The molecule has 1 aromatic rings. The standard InChI is InChI=1S/C11H15NO3/c12-6-5-10(14)8-1-3-9(4-2-8)11(15)7-13/h1-4,11,13,15H,5-7,12H2. The number of nitrogens with two attached hydrogens (primary N) is 1. The van der Waals surface area contributed by atoms with Gasteiger partial charge in [-0.15, -0.1) is 0 Å². The van der Waals surface area contributed by atoms with Crippen LogP contribution in [0.1, 0.15) is 28.4 Å². The topological polar surface area (TPSA) is 83.6 Å². The Morgan fingerprint density at radius 1 is 1.33 bits per heavy atom. The maximum absolute atomic E-state index is 11.4. The van der Waals surface area contributed by atoms with E-state index in [1.165, 1.54) is 0 Å². The van der Waals surface area contributed by atoms with Gasteiger partial charge in [-0.3, -0.25) is 4.79 Å². The maximum Gasteiger partial charge on any atom is 0.164 e. The van der Waals surface area contributed by atoms with Crippen molar-refractivity contribution in [3.8, 4) is 0 Å². The zero-order valence-corrected chi connectivity index (χ0v) is 8.39. The van der Waals surface area contributed by atoms with E-state index in [-0.39, 0.29) is 12.4 Å². The predicted molar refractivity (Wildman–Crippen MR) is 56.5 cm³/mol. The average molecular weight is 209 g/mol. The Morgan fingerprint density at radius 3 is 2.40 bits per heavy atom. The molecule has 0 aliphatic rings. The lowest BCUT2D eigenvalue weighted by atomic mass is 10.0. The van der Waals surface area contributed by atoms with Gasteiger partial charge in [0.1, 0.15) is 6.10 Å². The molecule has 0 aliphatic carbocycles. The van der Waals surface area contributed by atoms with E-state index in [2.05, 4.69) is 0 Å². The molecule has 82 valence electrons. The summed E-state index contributed by atoms with van der Waals surface area (Å²) in [5.41, 5.74) is 6.45. The largest absolute Gasteiger partial charge is 0.393 e. The van der Waals surface area contributed by atoms with Gasteiger partial charge in [-0.05, 0) is 12.1 Å². The van der Waals surface area contributed by atoms with E-state index < -0.39 is 6.10 Å². The molecule has 0 radical (unpaired) electrons. The molecule has 0 spiro atoms. The van der Waals surface area contributed by atoms with E-state index in [9.17, 15) is 9.90 Å². The molecule has 4 heteroatoms. The highest BCUT2D eigenvalue weighted by Gasteiger charge is 2.08. The molecule has 1 aromatic carbocycles. The summed E-state index contributed by atoms with van der Waals surface area (Å²) in [4.78, 5) is 11.4. The molecular formula is C11H15NO3. The minimum absolute atomic E-state index is 0.0115. The van der Waals surface area contributed by atoms with E-state index in [0.29, 0.717) is 24.1 Å². The van der Waals surface area contributed by atoms with Crippen molar-refractivity contribution in [1.29, 1.82) is 0 Å². The number of rotatable bonds is 5. The third-order valence-corrected chi connectivity index (χ3v) is 2.16. The van der Waals surface area contributed by atoms with Crippen LogP contribution in [0.3, 0.4) is 0 Å². The lowest BCUT2D eigenvalue weighted by molar-refractivity contribution is 0.0952. The van der Waals surface area contributed by atoms with Crippen LogP contribution in [0.2, 0.25) is 0 Å². The summed E-state index contributed by atoms with van der Waals surface area (Å²) in [7, 11) is 0. The van der Waals surface area contributed by atoms with E-state index in [4.69, 9.17) is 10.8 Å². The van der Waals surface area contributed by atoms with E-state index in [0.717, 1.165) is 0 Å². The van der Waals surface area contributed by atoms with Gasteiger partial charge in [0, 0.05) is 12.0 Å². The molecular weight excluding hydrogens is 194 g/mol. The van der Waals surface area contributed by atoms with Crippen LogP contribution < -0.4 is 5.73 Å². The van der Waals surface area contributed by atoms with Crippen LogP contribution >= 0.6 is 0 Å². The lowest BCUT2D eigenvalue weighted by Crippen LogP contribution is -2.08. The van der Waals surface area contributed by atoms with E-state index in [1.54, 1.807) is 24.3 Å². The van der Waals surface area contributed by atoms with Gasteiger partial charge in [0.15, 0.2) is 5.78 Å². The van der Waals surface area contributed by atoms with Crippen LogP contribution in [0.4, 0.5) is 0 Å². The first-order valence-electron chi connectivity index (χ1n) is 4.81. The molecule has 0 heterocycles. The first-order valence-corrected chi connectivity index (χ1v) is 4.81. The maximum atomic E-state index is 11.4. The molecule has 0 bridgehead atoms. The Labute approximate surface area is 88.3 Å². The number of Topliss-reactive ketones (excluding diaryl/α,β-unsaturated/α-hetero) is 1. The normalized spacial score (nSPS) is 12.5. The van der Waals surface area contributed by atoms with Crippen LogP contribution in [0, 0.1) is 0 Å². The average Bonchev–Trinajstić information content (AvgIpc) is 2.28. The van der Waals surface area contributed by atoms with Crippen molar-refractivity contribution in [3.63, 3.8) is 0 Å². The van der Waals surface area contributed by atoms with Crippen molar-refractivity contribution in [2.24, 2.45) is 5.73 Å². The first-order chi connectivity index (χ1) is 7.19. The molecule has 15 heavy (non-hydrogen) atoms. The SMILES string of the molecule is NCCC(=O)c1ccc(C(O)CO)cc1. The first kappa shape index (κ1) is 11.8.